The van der Waals surface area contributed by atoms with Crippen molar-refractivity contribution in [3.63, 3.8) is 0 Å². The van der Waals surface area contributed by atoms with E-state index in [0.29, 0.717) is 5.69 Å². The Hall–Kier alpha value is -4.58. The zero-order chi connectivity index (χ0) is 44.3. The zero-order valence-electron chi connectivity index (χ0n) is 31.0. The Morgan fingerprint density at radius 2 is 1.59 bits per heavy atom. The molecule has 0 bridgehead atoms. The van der Waals surface area contributed by atoms with Crippen LogP contribution in [0.5, 0.6) is 5.88 Å². The summed E-state index contributed by atoms with van der Waals surface area (Å²) < 4.78 is 66.4. The molecule has 61 heavy (non-hydrogen) atoms. The summed E-state index contributed by atoms with van der Waals surface area (Å²) in [5, 5.41) is 64.1. The number of benzene rings is 1. The van der Waals surface area contributed by atoms with Crippen LogP contribution in [0.4, 0.5) is 29.1 Å². The minimum absolute atomic E-state index is 0.197. The van der Waals surface area contributed by atoms with Crippen LogP contribution < -0.4 is 46.6 Å². The lowest BCUT2D eigenvalue weighted by atomic mass is 10.1. The van der Waals surface area contributed by atoms with Gasteiger partial charge in [-0.1, -0.05) is 19.1 Å². The van der Waals surface area contributed by atoms with E-state index in [1.165, 1.54) is 11.9 Å². The third-order valence-corrected chi connectivity index (χ3v) is 13.4. The molecule has 9 N–H and O–H groups in total. The number of azo groups is 1. The molecule has 4 aromatic rings. The Morgan fingerprint density at radius 1 is 0.918 bits per heavy atom. The van der Waals surface area contributed by atoms with Gasteiger partial charge in [0.15, 0.2) is 35.7 Å². The minimum atomic E-state index is -6.54. The van der Waals surface area contributed by atoms with E-state index in [2.05, 4.69) is 52.8 Å². The fourth-order valence-corrected chi connectivity index (χ4v) is 9.85. The van der Waals surface area contributed by atoms with Crippen LogP contribution in [0.25, 0.3) is 11.2 Å². The SMILES string of the molecule is CCc1ccc(N=NC2N(C)c3c([O-])nc(N)nc3N2[C@@H]2O[C@H](OP(=O)([O-])OP(=O)([O-])OP(=O)([O-])OC[C@H]3O[C@@H](n4cnc5c(=O)[nH]c(N)nc54)[C@@H](O)C3O)C(O)C2O)cc1. The molecule has 30 nitrogen and oxygen atoms in total. The number of nitrogens with zero attached hydrogens (tertiary/aromatic N) is 9. The second kappa shape index (κ2) is 16.6. The number of anilines is 4. The summed E-state index contributed by atoms with van der Waals surface area (Å²) in [7, 11) is -17.6. The van der Waals surface area contributed by atoms with Crippen molar-refractivity contribution in [1.82, 2.24) is 29.5 Å². The molecule has 0 saturated carbocycles. The van der Waals surface area contributed by atoms with Gasteiger partial charge in [0, 0.05) is 12.9 Å². The number of aromatic nitrogens is 6. The maximum atomic E-state index is 12.9. The molecule has 332 valence electrons. The number of ether oxygens (including phenoxy) is 2. The van der Waals surface area contributed by atoms with Crippen LogP contribution in [0, 0.1) is 0 Å². The van der Waals surface area contributed by atoms with Gasteiger partial charge in [0.25, 0.3) is 29.0 Å². The number of hydrogen-bond acceptors (Lipinski definition) is 28. The van der Waals surface area contributed by atoms with Crippen molar-refractivity contribution in [3.05, 3.63) is 46.5 Å². The molecule has 12 atom stereocenters. The summed E-state index contributed by atoms with van der Waals surface area (Å²) in [5.41, 5.74) is 11.2. The van der Waals surface area contributed by atoms with E-state index in [-0.39, 0.29) is 28.6 Å². The third kappa shape index (κ3) is 9.02. The molecule has 7 unspecified atom stereocenters. The topological polar surface area (TPSA) is 452 Å². The number of nitrogens with two attached hydrogens (primary N) is 2. The summed E-state index contributed by atoms with van der Waals surface area (Å²) >= 11 is 0. The summed E-state index contributed by atoms with van der Waals surface area (Å²) in [5.74, 6) is -2.07. The molecule has 6 heterocycles. The van der Waals surface area contributed by atoms with Crippen molar-refractivity contribution in [1.29, 1.82) is 0 Å². The van der Waals surface area contributed by atoms with Crippen molar-refractivity contribution in [2.45, 2.75) is 68.9 Å². The highest BCUT2D eigenvalue weighted by atomic mass is 31.3. The maximum absolute atomic E-state index is 12.9. The number of aliphatic hydroxyl groups is 4. The van der Waals surface area contributed by atoms with Gasteiger partial charge >= 0.3 is 0 Å². The Kier molecular flexibility index (Phi) is 12.1. The number of phosphoric ester groups is 2. The number of aromatic amines is 1. The lowest BCUT2D eigenvalue weighted by Crippen LogP contribution is -2.51. The molecule has 0 aliphatic carbocycles. The Bertz CT molecular complexity index is 2530. The fraction of sp³-hybridized carbons (Fsp3) is 0.464. The Labute approximate surface area is 340 Å². The first-order valence-corrected chi connectivity index (χ1v) is 21.8. The molecule has 0 radical (unpaired) electrons. The molecule has 2 saturated heterocycles. The first-order chi connectivity index (χ1) is 28.6. The van der Waals surface area contributed by atoms with Gasteiger partial charge in [-0.2, -0.15) is 15.1 Å². The van der Waals surface area contributed by atoms with E-state index in [1.807, 2.05) is 6.92 Å². The smallest absolute Gasteiger partial charge is 0.280 e. The number of H-pyrrole nitrogens is 1. The van der Waals surface area contributed by atoms with Crippen LogP contribution in [0.1, 0.15) is 18.7 Å². The van der Waals surface area contributed by atoms with Crippen LogP contribution in [0.3, 0.4) is 0 Å². The number of nitrogen functional groups attached to an aromatic ring is 2. The molecule has 3 aliphatic heterocycles. The number of fused-ring (bicyclic) bond motifs is 2. The van der Waals surface area contributed by atoms with Crippen LogP contribution in [-0.4, -0.2) is 113 Å². The molecule has 1 aromatic carbocycles. The normalized spacial score (nSPS) is 29.6. The van der Waals surface area contributed by atoms with Crippen LogP contribution in [0.15, 0.2) is 45.6 Å². The molecule has 33 heteroatoms. The van der Waals surface area contributed by atoms with Gasteiger partial charge in [-0.05, 0) is 24.1 Å². The number of imidazole rings is 1. The van der Waals surface area contributed by atoms with Gasteiger partial charge in [0.2, 0.25) is 18.2 Å². The number of phosphoric acid groups is 3. The van der Waals surface area contributed by atoms with Gasteiger partial charge in [0.1, 0.15) is 30.5 Å². The minimum Gasteiger partial charge on any atom is -0.857 e. The van der Waals surface area contributed by atoms with Crippen molar-refractivity contribution >= 4 is 63.7 Å². The summed E-state index contributed by atoms with van der Waals surface area (Å²) in [6.07, 6.45) is -15.5. The largest absolute Gasteiger partial charge is 0.857 e. The molecule has 0 spiro atoms. The predicted molar refractivity (Wildman–Crippen MR) is 192 cm³/mol. The third-order valence-electron chi connectivity index (χ3n) is 9.23. The van der Waals surface area contributed by atoms with Crippen molar-refractivity contribution in [2.24, 2.45) is 10.2 Å². The molecule has 2 fully saturated rings. The van der Waals surface area contributed by atoms with Crippen LogP contribution in [-0.2, 0) is 47.3 Å². The second-order valence-corrected chi connectivity index (χ2v) is 17.7. The summed E-state index contributed by atoms with van der Waals surface area (Å²) in [6, 6.07) is 6.85. The molecular weight excluding hydrogens is 885 g/mol. The number of rotatable bonds is 14. The lowest BCUT2D eigenvalue weighted by molar-refractivity contribution is -0.273. The van der Waals surface area contributed by atoms with Gasteiger partial charge in [-0.15, -0.1) is 5.11 Å². The van der Waals surface area contributed by atoms with Crippen molar-refractivity contribution in [2.75, 3.05) is 34.9 Å². The van der Waals surface area contributed by atoms with E-state index in [4.69, 9.17) is 20.9 Å². The molecule has 3 aliphatic rings. The molecule has 7 rings (SSSR count). The van der Waals surface area contributed by atoms with E-state index in [9.17, 15) is 58.7 Å². The number of nitrogens with one attached hydrogen (secondary N) is 1. The van der Waals surface area contributed by atoms with Crippen molar-refractivity contribution in [3.8, 4) is 5.88 Å². The summed E-state index contributed by atoms with van der Waals surface area (Å²) in [4.78, 5) is 69.6. The van der Waals surface area contributed by atoms with Gasteiger partial charge in [-0.25, -0.2) is 18.6 Å². The first-order valence-electron chi connectivity index (χ1n) is 17.4. The standard InChI is InChI=1S/C28H37N12O18P3/c1-3-10-4-6-11(7-5-10)36-37-28-38(2)14-20(33-27(30)35-22(14)46)40(28)24-17(43)18(44)25(55-24)56-60(49,50)58-61(51,52)57-59(47,48)53-8-12-15(41)16(42)23(54-12)39-9-31-13-19(39)32-26(29)34-21(13)45/h4-7,9,12,15-18,23-25,28,41-44H,3,8H2,1-2H3,(H,47,48)(H,49,50)(H,51,52)(H3,29,32,34,45)(H3,30,33,35,46)/p-4/t12-,15?,16+,17?,18?,23-,24-,25-,28?/m1/s1. The van der Waals surface area contributed by atoms with Crippen LogP contribution in [0.2, 0.25) is 0 Å². The van der Waals surface area contributed by atoms with Crippen LogP contribution >= 0.6 is 23.5 Å². The average molecular weight is 919 g/mol. The quantitative estimate of drug-likeness (QED) is 0.0471. The Morgan fingerprint density at radius 3 is 2.28 bits per heavy atom. The zero-order valence-corrected chi connectivity index (χ0v) is 33.7. The van der Waals surface area contributed by atoms with Gasteiger partial charge in [-0.3, -0.25) is 37.5 Å². The highest BCUT2D eigenvalue weighted by Gasteiger charge is 2.53. The van der Waals surface area contributed by atoms with E-state index >= 15 is 0 Å². The average Bonchev–Trinajstić information content (AvgIpc) is 3.87. The van der Waals surface area contributed by atoms with E-state index < -0.39 is 103 Å². The van der Waals surface area contributed by atoms with Gasteiger partial charge in [0.05, 0.1) is 24.3 Å². The number of aliphatic hydroxyl groups excluding tert-OH is 4. The maximum Gasteiger partial charge on any atom is 0.280 e. The van der Waals surface area contributed by atoms with Crippen molar-refractivity contribution < 1.29 is 81.1 Å². The number of aryl methyl sites for hydroxylation is 1. The highest BCUT2D eigenvalue weighted by molar-refractivity contribution is 7.65. The molecule has 3 aromatic heterocycles. The van der Waals surface area contributed by atoms with E-state index in [0.717, 1.165) is 27.8 Å². The fourth-order valence-electron chi connectivity index (χ4n) is 6.41. The molecular formula is C28H33N12O18P3-4. The van der Waals surface area contributed by atoms with E-state index in [1.54, 1.807) is 24.3 Å². The predicted octanol–water partition coefficient (Wildman–Crippen LogP) is -3.77. The number of hydrogen-bond donors (Lipinski definition) is 7. The lowest BCUT2D eigenvalue weighted by Gasteiger charge is -2.35. The first kappa shape index (κ1) is 44.5. The second-order valence-electron chi connectivity index (χ2n) is 13.3. The monoisotopic (exact) mass is 918 g/mol. The summed E-state index contributed by atoms with van der Waals surface area (Å²) in [6.45, 7) is 0.700. The highest BCUT2D eigenvalue weighted by Crippen LogP contribution is 2.63. The van der Waals surface area contributed by atoms with Gasteiger partial charge < -0.3 is 70.6 Å². The molecule has 0 amide bonds. The Balaban J connectivity index is 1.01.